The van der Waals surface area contributed by atoms with Gasteiger partial charge in [-0.25, -0.2) is 4.79 Å². The van der Waals surface area contributed by atoms with Crippen LogP contribution in [0.25, 0.3) is 11.0 Å². The van der Waals surface area contributed by atoms with E-state index in [1.165, 1.54) is 17.7 Å². The van der Waals surface area contributed by atoms with E-state index in [-0.39, 0.29) is 5.63 Å². The lowest BCUT2D eigenvalue weighted by Gasteiger charge is -2.24. The van der Waals surface area contributed by atoms with E-state index in [2.05, 4.69) is 22.4 Å². The lowest BCUT2D eigenvalue weighted by Crippen LogP contribution is -2.23. The van der Waals surface area contributed by atoms with E-state index in [0.717, 1.165) is 24.0 Å². The lowest BCUT2D eigenvalue weighted by atomic mass is 10.1. The van der Waals surface area contributed by atoms with Crippen LogP contribution >= 0.6 is 11.3 Å². The average Bonchev–Trinajstić information content (AvgIpc) is 3.25. The maximum atomic E-state index is 12.0. The van der Waals surface area contributed by atoms with Gasteiger partial charge < -0.3 is 9.15 Å². The SMILES string of the molecule is COc1ccc2c(CN3CCC[C@H]3c3cccs3)cc(=O)oc2c1. The Hall–Kier alpha value is -2.11. The number of rotatable bonds is 4. The molecule has 1 atom stereocenters. The zero-order chi connectivity index (χ0) is 16.5. The summed E-state index contributed by atoms with van der Waals surface area (Å²) in [5.41, 5.74) is 1.30. The molecule has 3 aromatic rings. The van der Waals surface area contributed by atoms with Crippen LogP contribution in [0.4, 0.5) is 0 Å². The fraction of sp³-hybridized carbons (Fsp3) is 0.316. The number of likely N-dealkylation sites (tertiary alicyclic amines) is 1. The second kappa shape index (κ2) is 6.42. The summed E-state index contributed by atoms with van der Waals surface area (Å²) in [5.74, 6) is 0.695. The smallest absolute Gasteiger partial charge is 0.336 e. The van der Waals surface area contributed by atoms with E-state index in [1.54, 1.807) is 19.2 Å². The predicted molar refractivity (Wildman–Crippen MR) is 95.7 cm³/mol. The minimum atomic E-state index is -0.308. The Morgan fingerprint density at radius 1 is 1.33 bits per heavy atom. The summed E-state index contributed by atoms with van der Waals surface area (Å²) >= 11 is 1.81. The first-order valence-corrected chi connectivity index (χ1v) is 9.01. The van der Waals surface area contributed by atoms with Crippen LogP contribution < -0.4 is 10.4 Å². The number of hydrogen-bond acceptors (Lipinski definition) is 5. The summed E-state index contributed by atoms with van der Waals surface area (Å²) in [6, 6.07) is 12.0. The van der Waals surface area contributed by atoms with E-state index in [0.29, 0.717) is 17.4 Å². The minimum absolute atomic E-state index is 0.308. The largest absolute Gasteiger partial charge is 0.497 e. The Labute approximate surface area is 144 Å². The highest BCUT2D eigenvalue weighted by Crippen LogP contribution is 2.36. The summed E-state index contributed by atoms with van der Waals surface area (Å²) in [5, 5.41) is 3.11. The molecular formula is C19H19NO3S. The van der Waals surface area contributed by atoms with Gasteiger partial charge in [-0.2, -0.15) is 0 Å². The first-order valence-electron chi connectivity index (χ1n) is 8.13. The molecule has 1 aromatic carbocycles. The third kappa shape index (κ3) is 2.85. The van der Waals surface area contributed by atoms with Crippen LogP contribution in [0.5, 0.6) is 5.75 Å². The van der Waals surface area contributed by atoms with Crippen molar-refractivity contribution in [1.82, 2.24) is 4.90 Å². The molecule has 1 aliphatic rings. The van der Waals surface area contributed by atoms with E-state index in [9.17, 15) is 4.79 Å². The highest BCUT2D eigenvalue weighted by Gasteiger charge is 2.27. The quantitative estimate of drug-likeness (QED) is 0.667. The highest BCUT2D eigenvalue weighted by molar-refractivity contribution is 7.10. The van der Waals surface area contributed by atoms with Gasteiger partial charge in [-0.1, -0.05) is 6.07 Å². The van der Waals surface area contributed by atoms with Crippen LogP contribution in [-0.2, 0) is 6.54 Å². The average molecular weight is 341 g/mol. The molecule has 4 rings (SSSR count). The number of fused-ring (bicyclic) bond motifs is 1. The zero-order valence-corrected chi connectivity index (χ0v) is 14.3. The minimum Gasteiger partial charge on any atom is -0.497 e. The van der Waals surface area contributed by atoms with Gasteiger partial charge in [-0.15, -0.1) is 11.3 Å². The molecule has 0 radical (unpaired) electrons. The molecule has 1 saturated heterocycles. The van der Waals surface area contributed by atoms with Crippen molar-refractivity contribution in [3.05, 3.63) is 62.6 Å². The summed E-state index contributed by atoms with van der Waals surface area (Å²) in [6.07, 6.45) is 2.36. The van der Waals surface area contributed by atoms with E-state index < -0.39 is 0 Å². The second-order valence-corrected chi connectivity index (χ2v) is 7.08. The Morgan fingerprint density at radius 3 is 3.04 bits per heavy atom. The first-order chi connectivity index (χ1) is 11.7. The molecular weight excluding hydrogens is 322 g/mol. The fourth-order valence-electron chi connectivity index (χ4n) is 3.51. The summed E-state index contributed by atoms with van der Waals surface area (Å²) in [6.45, 7) is 1.82. The van der Waals surface area contributed by atoms with Crippen molar-refractivity contribution < 1.29 is 9.15 Å². The van der Waals surface area contributed by atoms with E-state index in [1.807, 2.05) is 23.5 Å². The number of methoxy groups -OCH3 is 1. The molecule has 4 nitrogen and oxygen atoms in total. The van der Waals surface area contributed by atoms with Gasteiger partial charge in [0, 0.05) is 35.0 Å². The van der Waals surface area contributed by atoms with Gasteiger partial charge in [-0.05, 0) is 48.5 Å². The van der Waals surface area contributed by atoms with Crippen molar-refractivity contribution in [2.24, 2.45) is 0 Å². The monoisotopic (exact) mass is 341 g/mol. The number of thiophene rings is 1. The number of ether oxygens (including phenoxy) is 1. The van der Waals surface area contributed by atoms with Gasteiger partial charge in [0.25, 0.3) is 0 Å². The molecule has 0 bridgehead atoms. The van der Waals surface area contributed by atoms with Gasteiger partial charge in [0.2, 0.25) is 0 Å². The maximum Gasteiger partial charge on any atom is 0.336 e. The normalized spacial score (nSPS) is 18.3. The summed E-state index contributed by atoms with van der Waals surface area (Å²) < 4.78 is 10.6. The van der Waals surface area contributed by atoms with E-state index in [4.69, 9.17) is 9.15 Å². The Bertz CT molecular complexity index is 901. The van der Waals surface area contributed by atoms with Crippen LogP contribution in [0.3, 0.4) is 0 Å². The van der Waals surface area contributed by atoms with Crippen LogP contribution in [0, 0.1) is 0 Å². The molecule has 3 heterocycles. The molecule has 2 aromatic heterocycles. The molecule has 0 unspecified atom stereocenters. The van der Waals surface area contributed by atoms with Crippen molar-refractivity contribution in [2.45, 2.75) is 25.4 Å². The molecule has 24 heavy (non-hydrogen) atoms. The molecule has 1 aliphatic heterocycles. The van der Waals surface area contributed by atoms with Crippen LogP contribution in [0.2, 0.25) is 0 Å². The molecule has 0 spiro atoms. The molecule has 0 N–H and O–H groups in total. The number of hydrogen-bond donors (Lipinski definition) is 0. The molecule has 0 amide bonds. The van der Waals surface area contributed by atoms with Gasteiger partial charge >= 0.3 is 5.63 Å². The number of benzene rings is 1. The molecule has 0 saturated carbocycles. The van der Waals surface area contributed by atoms with Crippen molar-refractivity contribution in [2.75, 3.05) is 13.7 Å². The molecule has 5 heteroatoms. The van der Waals surface area contributed by atoms with Crippen LogP contribution in [-0.4, -0.2) is 18.6 Å². The molecule has 0 aliphatic carbocycles. The molecule has 1 fully saturated rings. The fourth-order valence-corrected chi connectivity index (χ4v) is 4.40. The number of nitrogens with zero attached hydrogens (tertiary/aromatic N) is 1. The predicted octanol–water partition coefficient (Wildman–Crippen LogP) is 4.20. The van der Waals surface area contributed by atoms with Crippen molar-refractivity contribution in [3.8, 4) is 5.75 Å². The van der Waals surface area contributed by atoms with Crippen molar-refractivity contribution in [3.63, 3.8) is 0 Å². The van der Waals surface area contributed by atoms with E-state index >= 15 is 0 Å². The molecule has 124 valence electrons. The Kier molecular flexibility index (Phi) is 4.12. The summed E-state index contributed by atoms with van der Waals surface area (Å²) in [4.78, 5) is 15.8. The van der Waals surface area contributed by atoms with Crippen LogP contribution in [0.15, 0.2) is 51.0 Å². The van der Waals surface area contributed by atoms with Gasteiger partial charge in [0.1, 0.15) is 11.3 Å². The van der Waals surface area contributed by atoms with Gasteiger partial charge in [0.15, 0.2) is 0 Å². The van der Waals surface area contributed by atoms with Gasteiger partial charge in [-0.3, -0.25) is 4.90 Å². The van der Waals surface area contributed by atoms with Gasteiger partial charge in [0.05, 0.1) is 7.11 Å². The topological polar surface area (TPSA) is 42.7 Å². The second-order valence-electron chi connectivity index (χ2n) is 6.10. The van der Waals surface area contributed by atoms with Crippen molar-refractivity contribution in [1.29, 1.82) is 0 Å². The Morgan fingerprint density at radius 2 is 2.25 bits per heavy atom. The van der Waals surface area contributed by atoms with Crippen LogP contribution in [0.1, 0.15) is 29.3 Å². The third-order valence-electron chi connectivity index (χ3n) is 4.65. The zero-order valence-electron chi connectivity index (χ0n) is 13.5. The third-order valence-corrected chi connectivity index (χ3v) is 5.62. The first kappa shape index (κ1) is 15.4. The highest BCUT2D eigenvalue weighted by atomic mass is 32.1. The van der Waals surface area contributed by atoms with Crippen molar-refractivity contribution >= 4 is 22.3 Å². The maximum absolute atomic E-state index is 12.0. The standard InChI is InChI=1S/C19H19NO3S/c1-22-14-6-7-15-13(10-19(21)23-17(15)11-14)12-20-8-2-4-16(20)18-5-3-9-24-18/h3,5-7,9-11,16H,2,4,8,12H2,1H3/t16-/m0/s1. The Balaban J connectivity index is 1.70. The summed E-state index contributed by atoms with van der Waals surface area (Å²) in [7, 11) is 1.61. The lowest BCUT2D eigenvalue weighted by molar-refractivity contribution is 0.252.